The Morgan fingerprint density at radius 2 is 1.71 bits per heavy atom. The third-order valence-electron chi connectivity index (χ3n) is 3.52. The van der Waals surface area contributed by atoms with Crippen molar-refractivity contribution < 1.29 is 4.52 Å². The minimum atomic E-state index is 0.669. The zero-order chi connectivity index (χ0) is 16.2. The van der Waals surface area contributed by atoms with Crippen LogP contribution in [0.3, 0.4) is 0 Å². The van der Waals surface area contributed by atoms with Gasteiger partial charge in [-0.25, -0.2) is 0 Å². The van der Waals surface area contributed by atoms with Gasteiger partial charge in [-0.05, 0) is 12.1 Å². The lowest BCUT2D eigenvalue weighted by Gasteiger charge is -2.04. The van der Waals surface area contributed by atoms with Crippen LogP contribution in [0, 0.1) is 0 Å². The van der Waals surface area contributed by atoms with E-state index >= 15 is 0 Å². The first kappa shape index (κ1) is 14.7. The fraction of sp³-hybridized carbons (Fsp3) is 0.0556. The molecule has 0 fully saturated rings. The van der Waals surface area contributed by atoms with Crippen LogP contribution in [0.15, 0.2) is 82.7 Å². The van der Waals surface area contributed by atoms with Crippen LogP contribution in [0.1, 0.15) is 5.69 Å². The highest BCUT2D eigenvalue weighted by atomic mass is 32.2. The van der Waals surface area contributed by atoms with Crippen LogP contribution < -0.4 is 0 Å². The van der Waals surface area contributed by atoms with Gasteiger partial charge in [0.15, 0.2) is 10.9 Å². The van der Waals surface area contributed by atoms with E-state index in [9.17, 15) is 0 Å². The lowest BCUT2D eigenvalue weighted by atomic mass is 10.2. The van der Waals surface area contributed by atoms with Crippen LogP contribution in [0.2, 0.25) is 0 Å². The number of para-hydroxylation sites is 1. The zero-order valence-corrected chi connectivity index (χ0v) is 13.6. The molecule has 0 spiro atoms. The van der Waals surface area contributed by atoms with Gasteiger partial charge < -0.3 is 4.52 Å². The summed E-state index contributed by atoms with van der Waals surface area (Å²) in [7, 11) is 0. The third-order valence-corrected chi connectivity index (χ3v) is 4.49. The Bertz CT molecular complexity index is 918. The molecule has 0 saturated heterocycles. The number of rotatable bonds is 5. The molecule has 0 aliphatic carbocycles. The smallest absolute Gasteiger partial charge is 0.195 e. The Kier molecular flexibility index (Phi) is 4.12. The summed E-state index contributed by atoms with van der Waals surface area (Å²) in [6, 6.07) is 21.9. The van der Waals surface area contributed by atoms with Crippen LogP contribution in [-0.4, -0.2) is 19.9 Å². The Morgan fingerprint density at radius 1 is 0.958 bits per heavy atom. The highest BCUT2D eigenvalue weighted by Crippen LogP contribution is 2.26. The van der Waals surface area contributed by atoms with Crippen molar-refractivity contribution in [2.24, 2.45) is 0 Å². The monoisotopic (exact) mass is 334 g/mol. The molecule has 0 amide bonds. The van der Waals surface area contributed by atoms with Crippen molar-refractivity contribution in [2.75, 3.05) is 0 Å². The van der Waals surface area contributed by atoms with Crippen molar-refractivity contribution in [3.8, 4) is 17.0 Å². The second kappa shape index (κ2) is 6.72. The van der Waals surface area contributed by atoms with Gasteiger partial charge in [-0.3, -0.25) is 4.57 Å². The first-order chi connectivity index (χ1) is 11.9. The molecule has 6 heteroatoms. The van der Waals surface area contributed by atoms with Gasteiger partial charge >= 0.3 is 0 Å². The SMILES string of the molecule is c1ccc(-c2cc(CSc3nncn3-c3ccccc3)no2)cc1. The average molecular weight is 334 g/mol. The van der Waals surface area contributed by atoms with Crippen LogP contribution in [0.5, 0.6) is 0 Å². The second-order valence-corrected chi connectivity index (χ2v) is 6.10. The lowest BCUT2D eigenvalue weighted by molar-refractivity contribution is 0.426. The molecule has 2 aromatic heterocycles. The summed E-state index contributed by atoms with van der Waals surface area (Å²) >= 11 is 1.58. The number of thioether (sulfide) groups is 1. The lowest BCUT2D eigenvalue weighted by Crippen LogP contribution is -1.94. The molecular weight excluding hydrogens is 320 g/mol. The highest BCUT2D eigenvalue weighted by molar-refractivity contribution is 7.98. The standard InChI is InChI=1S/C18H14N4OS/c1-3-7-14(8-4-1)17-11-15(21-23-17)12-24-18-20-19-13-22(18)16-9-5-2-6-10-16/h1-11,13H,12H2. The number of benzene rings is 2. The predicted molar refractivity (Wildman–Crippen MR) is 92.9 cm³/mol. The summed E-state index contributed by atoms with van der Waals surface area (Å²) in [5, 5.41) is 13.2. The van der Waals surface area contributed by atoms with Gasteiger partial charge in [0, 0.05) is 23.1 Å². The van der Waals surface area contributed by atoms with E-state index in [2.05, 4.69) is 15.4 Å². The van der Waals surface area contributed by atoms with E-state index in [1.807, 2.05) is 71.3 Å². The number of hydrogen-bond acceptors (Lipinski definition) is 5. The Hall–Kier alpha value is -2.86. The molecule has 0 aliphatic heterocycles. The fourth-order valence-electron chi connectivity index (χ4n) is 2.35. The molecule has 4 rings (SSSR count). The largest absolute Gasteiger partial charge is 0.356 e. The maximum absolute atomic E-state index is 5.43. The van der Waals surface area contributed by atoms with Gasteiger partial charge in [0.05, 0.1) is 5.69 Å². The van der Waals surface area contributed by atoms with E-state index in [4.69, 9.17) is 4.52 Å². The maximum Gasteiger partial charge on any atom is 0.195 e. The van der Waals surface area contributed by atoms with Crippen molar-refractivity contribution in [2.45, 2.75) is 10.9 Å². The topological polar surface area (TPSA) is 56.7 Å². The molecule has 0 N–H and O–H groups in total. The van der Waals surface area contributed by atoms with Crippen LogP contribution >= 0.6 is 11.8 Å². The molecule has 2 aromatic carbocycles. The quantitative estimate of drug-likeness (QED) is 0.512. The predicted octanol–water partition coefficient (Wildman–Crippen LogP) is 4.21. The third kappa shape index (κ3) is 3.09. The molecule has 24 heavy (non-hydrogen) atoms. The Balaban J connectivity index is 1.49. The number of hydrogen-bond donors (Lipinski definition) is 0. The molecule has 0 saturated carbocycles. The summed E-state index contributed by atoms with van der Waals surface area (Å²) in [6.07, 6.45) is 1.72. The number of aromatic nitrogens is 4. The molecule has 4 aromatic rings. The molecule has 0 bridgehead atoms. The van der Waals surface area contributed by atoms with E-state index in [1.165, 1.54) is 0 Å². The summed E-state index contributed by atoms with van der Waals surface area (Å²) < 4.78 is 7.39. The average Bonchev–Trinajstić information content (AvgIpc) is 3.31. The van der Waals surface area contributed by atoms with Crippen molar-refractivity contribution >= 4 is 11.8 Å². The van der Waals surface area contributed by atoms with Crippen molar-refractivity contribution in [1.82, 2.24) is 19.9 Å². The van der Waals surface area contributed by atoms with Crippen LogP contribution in [-0.2, 0) is 5.75 Å². The van der Waals surface area contributed by atoms with E-state index < -0.39 is 0 Å². The van der Waals surface area contributed by atoms with Gasteiger partial charge in [-0.2, -0.15) is 0 Å². The highest BCUT2D eigenvalue weighted by Gasteiger charge is 2.10. The minimum Gasteiger partial charge on any atom is -0.356 e. The van der Waals surface area contributed by atoms with Gasteiger partial charge in [0.25, 0.3) is 0 Å². The first-order valence-corrected chi connectivity index (χ1v) is 8.48. The summed E-state index contributed by atoms with van der Waals surface area (Å²) in [5.74, 6) is 1.44. The molecule has 5 nitrogen and oxygen atoms in total. The molecule has 118 valence electrons. The summed E-state index contributed by atoms with van der Waals surface area (Å²) in [4.78, 5) is 0. The molecular formula is C18H14N4OS. The van der Waals surface area contributed by atoms with Crippen molar-refractivity contribution in [1.29, 1.82) is 0 Å². The normalized spacial score (nSPS) is 10.8. The second-order valence-electron chi connectivity index (χ2n) is 5.16. The molecule has 0 unspecified atom stereocenters. The molecule has 0 radical (unpaired) electrons. The maximum atomic E-state index is 5.43. The summed E-state index contributed by atoms with van der Waals surface area (Å²) in [6.45, 7) is 0. The van der Waals surface area contributed by atoms with Gasteiger partial charge in [-0.1, -0.05) is 65.4 Å². The molecule has 0 atom stereocenters. The molecule has 0 aliphatic rings. The first-order valence-electron chi connectivity index (χ1n) is 7.49. The van der Waals surface area contributed by atoms with Crippen molar-refractivity contribution in [3.63, 3.8) is 0 Å². The fourth-order valence-corrected chi connectivity index (χ4v) is 3.15. The van der Waals surface area contributed by atoms with E-state index in [1.54, 1.807) is 18.1 Å². The van der Waals surface area contributed by atoms with Gasteiger partial charge in [-0.15, -0.1) is 10.2 Å². The molecule has 2 heterocycles. The zero-order valence-electron chi connectivity index (χ0n) is 12.7. The van der Waals surface area contributed by atoms with E-state index in [0.717, 1.165) is 27.9 Å². The number of nitrogens with zero attached hydrogens (tertiary/aromatic N) is 4. The van der Waals surface area contributed by atoms with Crippen LogP contribution in [0.4, 0.5) is 0 Å². The Morgan fingerprint density at radius 3 is 2.50 bits per heavy atom. The van der Waals surface area contributed by atoms with E-state index in [0.29, 0.717) is 5.75 Å². The van der Waals surface area contributed by atoms with E-state index in [-0.39, 0.29) is 0 Å². The van der Waals surface area contributed by atoms with Gasteiger partial charge in [0.2, 0.25) is 0 Å². The minimum absolute atomic E-state index is 0.669. The van der Waals surface area contributed by atoms with Gasteiger partial charge in [0.1, 0.15) is 6.33 Å². The summed E-state index contributed by atoms with van der Waals surface area (Å²) in [5.41, 5.74) is 2.94. The van der Waals surface area contributed by atoms with Crippen LogP contribution in [0.25, 0.3) is 17.0 Å². The van der Waals surface area contributed by atoms with Crippen molar-refractivity contribution in [3.05, 3.63) is 78.8 Å². The Labute approximate surface area is 143 Å².